The number of nitrogens with zero attached hydrogens (tertiary/aromatic N) is 4. The molecule has 0 spiro atoms. The van der Waals surface area contributed by atoms with Gasteiger partial charge in [0.15, 0.2) is 0 Å². The standard InChI is InChI=1S/C14H17N5O/c1-10-8-17-18-13(10)12-4-2-3-7-19(12)14(20)11-9-15-5-6-16-11/h5-6,8-9,12H,2-4,7H2,1H3,(H,17,18). The number of amides is 1. The Bertz CT molecular complexity index is 595. The van der Waals surface area contributed by atoms with Gasteiger partial charge in [0.05, 0.1) is 24.1 Å². The van der Waals surface area contributed by atoms with Crippen molar-refractivity contribution in [1.29, 1.82) is 0 Å². The Balaban J connectivity index is 1.90. The zero-order valence-electron chi connectivity index (χ0n) is 11.4. The maximum Gasteiger partial charge on any atom is 0.274 e. The van der Waals surface area contributed by atoms with Crippen molar-refractivity contribution in [2.45, 2.75) is 32.2 Å². The molecule has 104 valence electrons. The highest BCUT2D eigenvalue weighted by atomic mass is 16.2. The molecule has 1 atom stereocenters. The van der Waals surface area contributed by atoms with Crippen LogP contribution in [0.25, 0.3) is 0 Å². The van der Waals surface area contributed by atoms with Gasteiger partial charge in [0, 0.05) is 18.9 Å². The predicted molar refractivity (Wildman–Crippen MR) is 73.0 cm³/mol. The molecule has 1 saturated heterocycles. The third-order valence-electron chi connectivity index (χ3n) is 3.75. The van der Waals surface area contributed by atoms with Crippen molar-refractivity contribution < 1.29 is 4.79 Å². The Labute approximate surface area is 117 Å². The van der Waals surface area contributed by atoms with Gasteiger partial charge in [-0.3, -0.25) is 14.9 Å². The molecule has 0 radical (unpaired) electrons. The molecule has 0 saturated carbocycles. The first-order valence-corrected chi connectivity index (χ1v) is 6.84. The molecule has 6 heteroatoms. The van der Waals surface area contributed by atoms with E-state index in [1.807, 2.05) is 11.8 Å². The molecule has 1 amide bonds. The number of carbonyl (C=O) groups excluding carboxylic acids is 1. The van der Waals surface area contributed by atoms with Crippen LogP contribution >= 0.6 is 0 Å². The topological polar surface area (TPSA) is 74.8 Å². The number of hydrogen-bond donors (Lipinski definition) is 1. The molecule has 2 aromatic rings. The first kappa shape index (κ1) is 12.8. The number of aromatic amines is 1. The molecule has 1 fully saturated rings. The molecule has 1 unspecified atom stereocenters. The lowest BCUT2D eigenvalue weighted by molar-refractivity contribution is 0.0598. The lowest BCUT2D eigenvalue weighted by atomic mass is 9.97. The molecule has 1 aliphatic heterocycles. The minimum Gasteiger partial charge on any atom is -0.329 e. The van der Waals surface area contributed by atoms with Gasteiger partial charge in [-0.05, 0) is 31.7 Å². The number of piperidine rings is 1. The summed E-state index contributed by atoms with van der Waals surface area (Å²) in [7, 11) is 0. The van der Waals surface area contributed by atoms with Crippen molar-refractivity contribution in [3.8, 4) is 0 Å². The van der Waals surface area contributed by atoms with Crippen LogP contribution in [0.2, 0.25) is 0 Å². The molecule has 1 N–H and O–H groups in total. The van der Waals surface area contributed by atoms with E-state index in [1.165, 1.54) is 6.20 Å². The first-order chi connectivity index (χ1) is 9.77. The summed E-state index contributed by atoms with van der Waals surface area (Å²) in [5.41, 5.74) is 2.52. The molecule has 20 heavy (non-hydrogen) atoms. The Hall–Kier alpha value is -2.24. The van der Waals surface area contributed by atoms with Gasteiger partial charge in [-0.2, -0.15) is 5.10 Å². The Kier molecular flexibility index (Phi) is 3.45. The lowest BCUT2D eigenvalue weighted by Gasteiger charge is -2.35. The average Bonchev–Trinajstić information content (AvgIpc) is 2.93. The van der Waals surface area contributed by atoms with Crippen LogP contribution in [-0.4, -0.2) is 37.5 Å². The van der Waals surface area contributed by atoms with E-state index in [0.29, 0.717) is 5.69 Å². The Morgan fingerprint density at radius 2 is 2.25 bits per heavy atom. The van der Waals surface area contributed by atoms with Gasteiger partial charge in [-0.1, -0.05) is 0 Å². The van der Waals surface area contributed by atoms with Gasteiger partial charge in [-0.25, -0.2) is 4.98 Å². The van der Waals surface area contributed by atoms with E-state index in [-0.39, 0.29) is 11.9 Å². The fourth-order valence-corrected chi connectivity index (χ4v) is 2.73. The Morgan fingerprint density at radius 1 is 1.35 bits per heavy atom. The lowest BCUT2D eigenvalue weighted by Crippen LogP contribution is -2.39. The molecule has 0 aliphatic carbocycles. The highest BCUT2D eigenvalue weighted by molar-refractivity contribution is 5.92. The fourth-order valence-electron chi connectivity index (χ4n) is 2.73. The van der Waals surface area contributed by atoms with E-state index in [9.17, 15) is 4.79 Å². The number of aromatic nitrogens is 4. The van der Waals surface area contributed by atoms with Gasteiger partial charge in [-0.15, -0.1) is 0 Å². The quantitative estimate of drug-likeness (QED) is 0.904. The third-order valence-corrected chi connectivity index (χ3v) is 3.75. The van der Waals surface area contributed by atoms with Crippen LogP contribution in [0.1, 0.15) is 47.1 Å². The van der Waals surface area contributed by atoms with E-state index in [2.05, 4.69) is 20.2 Å². The molecule has 0 bridgehead atoms. The van der Waals surface area contributed by atoms with E-state index < -0.39 is 0 Å². The van der Waals surface area contributed by atoms with Crippen molar-refractivity contribution in [2.24, 2.45) is 0 Å². The van der Waals surface area contributed by atoms with Crippen LogP contribution in [0.3, 0.4) is 0 Å². The highest BCUT2D eigenvalue weighted by Crippen LogP contribution is 2.32. The van der Waals surface area contributed by atoms with Crippen LogP contribution in [0.15, 0.2) is 24.8 Å². The molecular weight excluding hydrogens is 254 g/mol. The van der Waals surface area contributed by atoms with Gasteiger partial charge < -0.3 is 4.90 Å². The summed E-state index contributed by atoms with van der Waals surface area (Å²) in [5, 5.41) is 7.10. The van der Waals surface area contributed by atoms with E-state index >= 15 is 0 Å². The van der Waals surface area contributed by atoms with Crippen LogP contribution in [0.4, 0.5) is 0 Å². The van der Waals surface area contributed by atoms with Crippen LogP contribution in [0, 0.1) is 6.92 Å². The molecule has 6 nitrogen and oxygen atoms in total. The molecule has 1 aliphatic rings. The Morgan fingerprint density at radius 3 is 2.95 bits per heavy atom. The summed E-state index contributed by atoms with van der Waals surface area (Å²) >= 11 is 0. The number of hydrogen-bond acceptors (Lipinski definition) is 4. The van der Waals surface area contributed by atoms with E-state index in [1.54, 1.807) is 18.6 Å². The SMILES string of the molecule is Cc1cn[nH]c1C1CCCCN1C(=O)c1cnccn1. The second-order valence-corrected chi connectivity index (χ2v) is 5.07. The smallest absolute Gasteiger partial charge is 0.274 e. The maximum atomic E-state index is 12.6. The summed E-state index contributed by atoms with van der Waals surface area (Å²) in [5.74, 6) is -0.0585. The molecular formula is C14H17N5O. The third kappa shape index (κ3) is 2.29. The molecule has 3 heterocycles. The summed E-state index contributed by atoms with van der Waals surface area (Å²) in [6.45, 7) is 2.76. The minimum absolute atomic E-state index is 0.0563. The van der Waals surface area contributed by atoms with Gasteiger partial charge in [0.2, 0.25) is 0 Å². The maximum absolute atomic E-state index is 12.6. The van der Waals surface area contributed by atoms with Crippen molar-refractivity contribution in [3.05, 3.63) is 41.7 Å². The minimum atomic E-state index is -0.0585. The van der Waals surface area contributed by atoms with Crippen LogP contribution in [-0.2, 0) is 0 Å². The largest absolute Gasteiger partial charge is 0.329 e. The van der Waals surface area contributed by atoms with Gasteiger partial charge >= 0.3 is 0 Å². The number of H-pyrrole nitrogens is 1. The van der Waals surface area contributed by atoms with Crippen molar-refractivity contribution in [2.75, 3.05) is 6.54 Å². The predicted octanol–water partition coefficient (Wildman–Crippen LogP) is 1.88. The number of carbonyl (C=O) groups is 1. The second kappa shape index (κ2) is 5.40. The zero-order chi connectivity index (χ0) is 13.9. The number of rotatable bonds is 2. The summed E-state index contributed by atoms with van der Waals surface area (Å²) < 4.78 is 0. The van der Waals surface area contributed by atoms with Crippen LogP contribution in [0.5, 0.6) is 0 Å². The number of nitrogens with one attached hydrogen (secondary N) is 1. The fraction of sp³-hybridized carbons (Fsp3) is 0.429. The zero-order valence-corrected chi connectivity index (χ0v) is 11.4. The monoisotopic (exact) mass is 271 g/mol. The molecule has 3 rings (SSSR count). The van der Waals surface area contributed by atoms with Gasteiger partial charge in [0.1, 0.15) is 5.69 Å². The number of likely N-dealkylation sites (tertiary alicyclic amines) is 1. The first-order valence-electron chi connectivity index (χ1n) is 6.84. The van der Waals surface area contributed by atoms with Gasteiger partial charge in [0.25, 0.3) is 5.91 Å². The second-order valence-electron chi connectivity index (χ2n) is 5.07. The van der Waals surface area contributed by atoms with Crippen molar-refractivity contribution >= 4 is 5.91 Å². The number of aryl methyl sites for hydroxylation is 1. The molecule has 2 aromatic heterocycles. The summed E-state index contributed by atoms with van der Waals surface area (Å²) in [6, 6.07) is 0.0563. The van der Waals surface area contributed by atoms with Crippen LogP contribution < -0.4 is 0 Å². The summed E-state index contributed by atoms with van der Waals surface area (Å²) in [4.78, 5) is 22.6. The van der Waals surface area contributed by atoms with E-state index in [0.717, 1.165) is 37.1 Å². The average molecular weight is 271 g/mol. The van der Waals surface area contributed by atoms with Crippen molar-refractivity contribution in [1.82, 2.24) is 25.1 Å². The molecule has 0 aromatic carbocycles. The highest BCUT2D eigenvalue weighted by Gasteiger charge is 2.31. The van der Waals surface area contributed by atoms with Crippen molar-refractivity contribution in [3.63, 3.8) is 0 Å². The summed E-state index contributed by atoms with van der Waals surface area (Å²) in [6.07, 6.45) is 9.54. The normalized spacial score (nSPS) is 19.1. The van der Waals surface area contributed by atoms with E-state index in [4.69, 9.17) is 0 Å².